The standard InChI is InChI=1S/C13H13N3O4/c17-8-7-14-15-9-12-5-6-13(20-12)10-1-3-11(4-2-10)16(18)19/h1-6,9,14,17H,7-8H2. The number of aliphatic hydroxyl groups is 1. The number of nitro groups is 1. The van der Waals surface area contributed by atoms with Crippen molar-refractivity contribution in [2.75, 3.05) is 13.2 Å². The van der Waals surface area contributed by atoms with Crippen molar-refractivity contribution in [3.63, 3.8) is 0 Å². The minimum Gasteiger partial charge on any atom is -0.455 e. The van der Waals surface area contributed by atoms with E-state index >= 15 is 0 Å². The summed E-state index contributed by atoms with van der Waals surface area (Å²) < 4.78 is 5.53. The van der Waals surface area contributed by atoms with Crippen LogP contribution in [0, 0.1) is 10.1 Å². The number of non-ortho nitro benzene ring substituents is 1. The van der Waals surface area contributed by atoms with Gasteiger partial charge in [-0.3, -0.25) is 10.1 Å². The summed E-state index contributed by atoms with van der Waals surface area (Å²) >= 11 is 0. The third-order valence-corrected chi connectivity index (χ3v) is 2.50. The fourth-order valence-electron chi connectivity index (χ4n) is 1.55. The van der Waals surface area contributed by atoms with Gasteiger partial charge in [0, 0.05) is 17.7 Å². The van der Waals surface area contributed by atoms with Crippen LogP contribution in [0.25, 0.3) is 11.3 Å². The largest absolute Gasteiger partial charge is 0.455 e. The molecule has 0 saturated heterocycles. The van der Waals surface area contributed by atoms with E-state index in [2.05, 4.69) is 10.5 Å². The van der Waals surface area contributed by atoms with Crippen molar-refractivity contribution >= 4 is 11.9 Å². The third kappa shape index (κ3) is 3.42. The number of benzene rings is 1. The molecule has 0 unspecified atom stereocenters. The van der Waals surface area contributed by atoms with Crippen molar-refractivity contribution in [3.05, 3.63) is 52.3 Å². The highest BCUT2D eigenvalue weighted by molar-refractivity contribution is 5.77. The summed E-state index contributed by atoms with van der Waals surface area (Å²) in [7, 11) is 0. The van der Waals surface area contributed by atoms with Crippen molar-refractivity contribution in [2.24, 2.45) is 5.10 Å². The summed E-state index contributed by atoms with van der Waals surface area (Å²) in [5.41, 5.74) is 3.42. The highest BCUT2D eigenvalue weighted by Gasteiger charge is 2.07. The first-order valence-corrected chi connectivity index (χ1v) is 5.92. The summed E-state index contributed by atoms with van der Waals surface area (Å²) in [4.78, 5) is 10.1. The number of nitrogens with zero attached hydrogens (tertiary/aromatic N) is 2. The third-order valence-electron chi connectivity index (χ3n) is 2.50. The molecule has 0 saturated carbocycles. The monoisotopic (exact) mass is 275 g/mol. The molecule has 7 nitrogen and oxygen atoms in total. The lowest BCUT2D eigenvalue weighted by Crippen LogP contribution is -2.10. The van der Waals surface area contributed by atoms with Gasteiger partial charge in [0.25, 0.3) is 5.69 Å². The zero-order chi connectivity index (χ0) is 14.4. The van der Waals surface area contributed by atoms with E-state index in [-0.39, 0.29) is 12.3 Å². The molecule has 0 aliphatic rings. The lowest BCUT2D eigenvalue weighted by atomic mass is 10.1. The predicted molar refractivity (Wildman–Crippen MR) is 73.5 cm³/mol. The average molecular weight is 275 g/mol. The van der Waals surface area contributed by atoms with Crippen LogP contribution in [0.1, 0.15) is 5.76 Å². The van der Waals surface area contributed by atoms with Crippen LogP contribution < -0.4 is 5.43 Å². The molecule has 0 spiro atoms. The van der Waals surface area contributed by atoms with Gasteiger partial charge >= 0.3 is 0 Å². The van der Waals surface area contributed by atoms with Gasteiger partial charge in [0.1, 0.15) is 11.5 Å². The van der Waals surface area contributed by atoms with Crippen molar-refractivity contribution < 1.29 is 14.4 Å². The maximum Gasteiger partial charge on any atom is 0.269 e. The second-order valence-electron chi connectivity index (χ2n) is 3.90. The second-order valence-corrected chi connectivity index (χ2v) is 3.90. The minimum absolute atomic E-state index is 0.00351. The fourth-order valence-corrected chi connectivity index (χ4v) is 1.55. The van der Waals surface area contributed by atoms with Crippen LogP contribution in [0.5, 0.6) is 0 Å². The SMILES string of the molecule is O=[N+]([O-])c1ccc(-c2ccc(C=NNCCO)o2)cc1. The molecular formula is C13H13N3O4. The minimum atomic E-state index is -0.448. The molecule has 0 bridgehead atoms. The van der Waals surface area contributed by atoms with Gasteiger partial charge in [0.05, 0.1) is 24.3 Å². The van der Waals surface area contributed by atoms with Crippen LogP contribution in [-0.4, -0.2) is 29.4 Å². The Morgan fingerprint density at radius 2 is 2.05 bits per heavy atom. The molecule has 2 aromatic rings. The molecule has 0 fully saturated rings. The van der Waals surface area contributed by atoms with Crippen LogP contribution in [0.4, 0.5) is 5.69 Å². The van der Waals surface area contributed by atoms with Gasteiger partial charge in [-0.15, -0.1) is 0 Å². The summed E-state index contributed by atoms with van der Waals surface area (Å²) in [5.74, 6) is 1.15. The van der Waals surface area contributed by atoms with E-state index < -0.39 is 4.92 Å². The van der Waals surface area contributed by atoms with Gasteiger partial charge in [0.2, 0.25) is 0 Å². The molecule has 0 atom stereocenters. The van der Waals surface area contributed by atoms with Gasteiger partial charge < -0.3 is 14.9 Å². The maximum absolute atomic E-state index is 10.6. The normalized spacial score (nSPS) is 10.8. The highest BCUT2D eigenvalue weighted by atomic mass is 16.6. The molecule has 0 aliphatic carbocycles. The van der Waals surface area contributed by atoms with Crippen molar-refractivity contribution in [2.45, 2.75) is 0 Å². The van der Waals surface area contributed by atoms with Gasteiger partial charge in [-0.05, 0) is 24.3 Å². The lowest BCUT2D eigenvalue weighted by Gasteiger charge is -1.96. The predicted octanol–water partition coefficient (Wildman–Crippen LogP) is 1.77. The molecule has 0 aliphatic heterocycles. The Labute approximate surface area is 114 Å². The fraction of sp³-hybridized carbons (Fsp3) is 0.154. The molecule has 0 radical (unpaired) electrons. The Morgan fingerprint density at radius 1 is 1.30 bits per heavy atom. The molecule has 2 N–H and O–H groups in total. The summed E-state index contributed by atoms with van der Waals surface area (Å²) in [6.45, 7) is 0.371. The Hall–Kier alpha value is -2.67. The molecular weight excluding hydrogens is 262 g/mol. The number of hydrazone groups is 1. The summed E-state index contributed by atoms with van der Waals surface area (Å²) in [5, 5.41) is 23.0. The lowest BCUT2D eigenvalue weighted by molar-refractivity contribution is -0.384. The molecule has 0 amide bonds. The zero-order valence-corrected chi connectivity index (χ0v) is 10.5. The molecule has 1 aromatic heterocycles. The molecule has 20 heavy (non-hydrogen) atoms. The number of hydrogen-bond donors (Lipinski definition) is 2. The molecule has 104 valence electrons. The van der Waals surface area contributed by atoms with E-state index in [1.54, 1.807) is 24.3 Å². The van der Waals surface area contributed by atoms with E-state index in [9.17, 15) is 10.1 Å². The number of rotatable bonds is 6. The number of nitrogens with one attached hydrogen (secondary N) is 1. The molecule has 2 rings (SSSR count). The van der Waals surface area contributed by atoms with E-state index in [4.69, 9.17) is 9.52 Å². The number of hydrogen-bond acceptors (Lipinski definition) is 6. The number of aliphatic hydroxyl groups excluding tert-OH is 1. The number of nitro benzene ring substituents is 1. The second kappa shape index (κ2) is 6.48. The van der Waals surface area contributed by atoms with Gasteiger partial charge in [-0.2, -0.15) is 5.10 Å². The molecule has 1 heterocycles. The Balaban J connectivity index is 2.08. The van der Waals surface area contributed by atoms with Gasteiger partial charge in [-0.25, -0.2) is 0 Å². The topological polar surface area (TPSA) is 101 Å². The number of furan rings is 1. The summed E-state index contributed by atoms with van der Waals surface area (Å²) in [6, 6.07) is 9.60. The van der Waals surface area contributed by atoms with Crippen LogP contribution in [0.15, 0.2) is 45.9 Å². The van der Waals surface area contributed by atoms with E-state index in [0.717, 1.165) is 5.56 Å². The summed E-state index contributed by atoms with van der Waals surface area (Å²) in [6.07, 6.45) is 1.49. The first-order valence-electron chi connectivity index (χ1n) is 5.92. The van der Waals surface area contributed by atoms with E-state index in [1.807, 2.05) is 0 Å². The average Bonchev–Trinajstić information content (AvgIpc) is 2.92. The van der Waals surface area contributed by atoms with Crippen LogP contribution in [-0.2, 0) is 0 Å². The van der Waals surface area contributed by atoms with Crippen LogP contribution in [0.3, 0.4) is 0 Å². The van der Waals surface area contributed by atoms with Crippen molar-refractivity contribution in [3.8, 4) is 11.3 Å². The van der Waals surface area contributed by atoms with Crippen LogP contribution >= 0.6 is 0 Å². The molecule has 7 heteroatoms. The maximum atomic E-state index is 10.6. The first-order chi connectivity index (χ1) is 9.70. The van der Waals surface area contributed by atoms with Gasteiger partial charge in [0.15, 0.2) is 0 Å². The Bertz CT molecular complexity index is 604. The van der Waals surface area contributed by atoms with Crippen molar-refractivity contribution in [1.29, 1.82) is 0 Å². The quantitative estimate of drug-likeness (QED) is 0.362. The first kappa shape index (κ1) is 13.8. The zero-order valence-electron chi connectivity index (χ0n) is 10.5. The highest BCUT2D eigenvalue weighted by Crippen LogP contribution is 2.23. The van der Waals surface area contributed by atoms with E-state index in [0.29, 0.717) is 18.1 Å². The smallest absolute Gasteiger partial charge is 0.269 e. The molecule has 1 aromatic carbocycles. The van der Waals surface area contributed by atoms with Crippen molar-refractivity contribution in [1.82, 2.24) is 5.43 Å². The van der Waals surface area contributed by atoms with Gasteiger partial charge in [-0.1, -0.05) is 0 Å². The Morgan fingerprint density at radius 3 is 2.70 bits per heavy atom. The van der Waals surface area contributed by atoms with Crippen LogP contribution in [0.2, 0.25) is 0 Å². The van der Waals surface area contributed by atoms with E-state index in [1.165, 1.54) is 18.3 Å². The Kier molecular flexibility index (Phi) is 4.46.